The molecule has 30 heavy (non-hydrogen) atoms. The van der Waals surface area contributed by atoms with Crippen LogP contribution in [0.2, 0.25) is 5.02 Å². The monoisotopic (exact) mass is 449 g/mol. The number of hydrogen-bond acceptors (Lipinski definition) is 6. The first-order chi connectivity index (χ1) is 14.6. The van der Waals surface area contributed by atoms with E-state index in [9.17, 15) is 9.59 Å². The van der Waals surface area contributed by atoms with E-state index in [1.54, 1.807) is 7.11 Å². The molecular weight excluding hydrogens is 426 g/mol. The van der Waals surface area contributed by atoms with Gasteiger partial charge in [-0.05, 0) is 29.3 Å². The minimum absolute atomic E-state index is 0.216. The Balaban J connectivity index is 1.71. The van der Waals surface area contributed by atoms with Gasteiger partial charge in [-0.2, -0.15) is 0 Å². The Hall–Kier alpha value is -2.13. The quantitative estimate of drug-likeness (QED) is 0.661. The van der Waals surface area contributed by atoms with E-state index in [0.29, 0.717) is 36.3 Å². The normalized spacial score (nSPS) is 21.1. The van der Waals surface area contributed by atoms with E-state index in [0.717, 1.165) is 29.2 Å². The summed E-state index contributed by atoms with van der Waals surface area (Å²) in [6.45, 7) is 3.69. The van der Waals surface area contributed by atoms with Crippen molar-refractivity contribution in [3.63, 3.8) is 0 Å². The van der Waals surface area contributed by atoms with Gasteiger partial charge in [-0.3, -0.25) is 9.59 Å². The van der Waals surface area contributed by atoms with Crippen LogP contribution in [-0.2, 0) is 14.3 Å². The fourth-order valence-electron chi connectivity index (χ4n) is 3.85. The summed E-state index contributed by atoms with van der Waals surface area (Å²) in [5.41, 5.74) is 1.80. The highest BCUT2D eigenvalue weighted by Gasteiger charge is 2.40. The molecular formula is C21H24ClN3O4S. The Morgan fingerprint density at radius 1 is 1.33 bits per heavy atom. The molecule has 0 bridgehead atoms. The van der Waals surface area contributed by atoms with Gasteiger partial charge in [-0.1, -0.05) is 23.7 Å². The fraction of sp³-hybridized carbons (Fsp3) is 0.429. The molecule has 0 spiro atoms. The lowest BCUT2D eigenvalue weighted by molar-refractivity contribution is -0.123. The van der Waals surface area contributed by atoms with Crippen LogP contribution in [0.1, 0.15) is 26.7 Å². The summed E-state index contributed by atoms with van der Waals surface area (Å²) >= 11 is 7.55. The molecule has 2 aliphatic heterocycles. The number of morpholine rings is 1. The molecule has 1 aromatic heterocycles. The molecule has 2 N–H and O–H groups in total. The van der Waals surface area contributed by atoms with Crippen molar-refractivity contribution in [2.45, 2.75) is 12.0 Å². The molecule has 0 unspecified atom stereocenters. The highest BCUT2D eigenvalue weighted by Crippen LogP contribution is 2.42. The van der Waals surface area contributed by atoms with Gasteiger partial charge in [-0.25, -0.2) is 0 Å². The van der Waals surface area contributed by atoms with Crippen LogP contribution < -0.4 is 15.5 Å². The number of rotatable bonds is 6. The zero-order chi connectivity index (χ0) is 21.1. The molecule has 2 aliphatic rings. The Morgan fingerprint density at radius 2 is 2.07 bits per heavy atom. The third kappa shape index (κ3) is 4.32. The van der Waals surface area contributed by atoms with Gasteiger partial charge in [-0.15, -0.1) is 11.3 Å². The van der Waals surface area contributed by atoms with Gasteiger partial charge in [0.1, 0.15) is 6.04 Å². The van der Waals surface area contributed by atoms with E-state index in [2.05, 4.69) is 21.6 Å². The number of halogens is 1. The smallest absolute Gasteiger partial charge is 0.262 e. The van der Waals surface area contributed by atoms with Crippen LogP contribution in [-0.4, -0.2) is 64.4 Å². The second kappa shape index (κ2) is 9.34. The number of nitrogens with zero attached hydrogens (tertiary/aromatic N) is 1. The van der Waals surface area contributed by atoms with Crippen LogP contribution in [0.3, 0.4) is 0 Å². The molecule has 0 aliphatic carbocycles. The lowest BCUT2D eigenvalue weighted by Gasteiger charge is -2.32. The number of anilines is 1. The van der Waals surface area contributed by atoms with Crippen molar-refractivity contribution in [1.29, 1.82) is 0 Å². The number of nitrogens with one attached hydrogen (secondary N) is 2. The molecule has 0 saturated carbocycles. The standard InChI is InChI=1S/C21H24ClN3O4S/c1-28-9-6-23-20(26)18-17(13-2-4-14(22)5-3-13)15-12-16(25-7-10-29-11-8-25)30-19(15)21(27)24-18/h2-5,12,17-18H,6-11H2,1H3,(H,23,26)(H,24,27)/t17-,18-/m1/s1. The van der Waals surface area contributed by atoms with Crippen molar-refractivity contribution in [2.24, 2.45) is 0 Å². The summed E-state index contributed by atoms with van der Waals surface area (Å²) in [5.74, 6) is -0.750. The molecule has 1 aromatic carbocycles. The molecule has 4 rings (SSSR count). The first-order valence-corrected chi connectivity index (χ1v) is 11.1. The van der Waals surface area contributed by atoms with Crippen molar-refractivity contribution in [2.75, 3.05) is 51.5 Å². The predicted molar refractivity (Wildman–Crippen MR) is 117 cm³/mol. The van der Waals surface area contributed by atoms with Gasteiger partial charge < -0.3 is 25.0 Å². The van der Waals surface area contributed by atoms with E-state index < -0.39 is 6.04 Å². The van der Waals surface area contributed by atoms with E-state index >= 15 is 0 Å². The second-order valence-corrected chi connectivity index (χ2v) is 8.70. The zero-order valence-corrected chi connectivity index (χ0v) is 18.2. The van der Waals surface area contributed by atoms with Crippen molar-refractivity contribution in [1.82, 2.24) is 10.6 Å². The summed E-state index contributed by atoms with van der Waals surface area (Å²) < 4.78 is 10.5. The fourth-order valence-corrected chi connectivity index (χ4v) is 5.14. The number of amides is 2. The van der Waals surface area contributed by atoms with Gasteiger partial charge >= 0.3 is 0 Å². The average Bonchev–Trinajstić information content (AvgIpc) is 3.21. The minimum Gasteiger partial charge on any atom is -0.383 e. The van der Waals surface area contributed by atoms with Gasteiger partial charge in [0, 0.05) is 37.7 Å². The Kier molecular flexibility index (Phi) is 6.58. The van der Waals surface area contributed by atoms with Crippen LogP contribution >= 0.6 is 22.9 Å². The second-order valence-electron chi connectivity index (χ2n) is 7.23. The molecule has 7 nitrogen and oxygen atoms in total. The molecule has 1 saturated heterocycles. The van der Waals surface area contributed by atoms with Gasteiger partial charge in [0.2, 0.25) is 5.91 Å². The van der Waals surface area contributed by atoms with Gasteiger partial charge in [0.15, 0.2) is 0 Å². The first kappa shape index (κ1) is 21.1. The number of ether oxygens (including phenoxy) is 2. The summed E-state index contributed by atoms with van der Waals surface area (Å²) in [5, 5.41) is 7.43. The zero-order valence-electron chi connectivity index (χ0n) is 16.7. The highest BCUT2D eigenvalue weighted by atomic mass is 35.5. The largest absolute Gasteiger partial charge is 0.383 e. The Bertz CT molecular complexity index is 911. The van der Waals surface area contributed by atoms with Crippen LogP contribution in [0.5, 0.6) is 0 Å². The lowest BCUT2D eigenvalue weighted by Crippen LogP contribution is -2.53. The Labute approximate surface area is 184 Å². The van der Waals surface area contributed by atoms with Crippen molar-refractivity contribution in [3.05, 3.63) is 51.4 Å². The van der Waals surface area contributed by atoms with E-state index in [1.807, 2.05) is 24.3 Å². The van der Waals surface area contributed by atoms with Crippen molar-refractivity contribution in [3.8, 4) is 0 Å². The number of fused-ring (bicyclic) bond motifs is 1. The van der Waals surface area contributed by atoms with E-state index in [-0.39, 0.29) is 17.7 Å². The number of methoxy groups -OCH3 is 1. The van der Waals surface area contributed by atoms with E-state index in [4.69, 9.17) is 21.1 Å². The number of benzene rings is 1. The molecule has 9 heteroatoms. The van der Waals surface area contributed by atoms with Crippen LogP contribution in [0, 0.1) is 0 Å². The van der Waals surface area contributed by atoms with Crippen LogP contribution in [0.15, 0.2) is 30.3 Å². The maximum Gasteiger partial charge on any atom is 0.262 e. The summed E-state index contributed by atoms with van der Waals surface area (Å²) in [6, 6.07) is 8.78. The molecule has 2 atom stereocenters. The van der Waals surface area contributed by atoms with Crippen LogP contribution in [0.25, 0.3) is 0 Å². The third-order valence-electron chi connectivity index (χ3n) is 5.35. The lowest BCUT2D eigenvalue weighted by atomic mass is 9.82. The SMILES string of the molecule is COCCNC(=O)[C@@H]1NC(=O)c2sc(N3CCOCC3)cc2[C@H]1c1ccc(Cl)cc1. The first-order valence-electron chi connectivity index (χ1n) is 9.88. The average molecular weight is 450 g/mol. The van der Waals surface area contributed by atoms with Crippen molar-refractivity contribution < 1.29 is 19.1 Å². The number of hydrogen-bond donors (Lipinski definition) is 2. The molecule has 1 fully saturated rings. The molecule has 0 radical (unpaired) electrons. The minimum atomic E-state index is -0.713. The molecule has 3 heterocycles. The van der Waals surface area contributed by atoms with Crippen molar-refractivity contribution >= 4 is 39.8 Å². The van der Waals surface area contributed by atoms with Gasteiger partial charge in [0.25, 0.3) is 5.91 Å². The third-order valence-corrected chi connectivity index (χ3v) is 6.81. The van der Waals surface area contributed by atoms with Gasteiger partial charge in [0.05, 0.1) is 29.7 Å². The maximum atomic E-state index is 13.0. The summed E-state index contributed by atoms with van der Waals surface area (Å²) in [6.07, 6.45) is 0. The molecule has 2 aromatic rings. The topological polar surface area (TPSA) is 79.9 Å². The number of carbonyl (C=O) groups is 2. The number of thiophene rings is 1. The van der Waals surface area contributed by atoms with E-state index in [1.165, 1.54) is 11.3 Å². The number of carbonyl (C=O) groups excluding carboxylic acids is 2. The predicted octanol–water partition coefficient (Wildman–Crippen LogP) is 2.24. The molecule has 160 valence electrons. The summed E-state index contributed by atoms with van der Waals surface area (Å²) in [7, 11) is 1.58. The maximum absolute atomic E-state index is 13.0. The molecule has 2 amide bonds. The van der Waals surface area contributed by atoms with Crippen LogP contribution in [0.4, 0.5) is 5.00 Å². The highest BCUT2D eigenvalue weighted by molar-refractivity contribution is 7.18. The Morgan fingerprint density at radius 3 is 2.77 bits per heavy atom. The summed E-state index contributed by atoms with van der Waals surface area (Å²) in [4.78, 5) is 28.7.